The molecule has 0 saturated carbocycles. The lowest BCUT2D eigenvalue weighted by Gasteiger charge is -2.15. The molecule has 1 aromatic heterocycles. The van der Waals surface area contributed by atoms with Gasteiger partial charge in [-0.1, -0.05) is 18.2 Å². The van der Waals surface area contributed by atoms with Crippen molar-refractivity contribution in [2.45, 2.75) is 19.6 Å². The van der Waals surface area contributed by atoms with E-state index in [1.165, 1.54) is 6.07 Å². The number of nitrogens with one attached hydrogen (secondary N) is 2. The standard InChI is InChI=1S/C22H23F2N5O3.HI/c1-25-22(26-8-7-15-11-28-29(13-15)17-5-3-2-4-6-17)27-12-16-9-19-20(31-14-30-19)10-18(16)32-21(23)24;/h2-6,9-11,13,21H,7-8,12,14H2,1H3,(H2,25,26,27);1H. The molecule has 3 aromatic rings. The van der Waals surface area contributed by atoms with Crippen LogP contribution >= 0.6 is 24.0 Å². The molecule has 176 valence electrons. The minimum Gasteiger partial charge on any atom is -0.454 e. The molecule has 0 bridgehead atoms. The SMILES string of the molecule is CN=C(NCCc1cnn(-c2ccccc2)c1)NCc1cc2c(cc1OC(F)F)OCO2.I. The molecule has 2 aromatic carbocycles. The van der Waals surface area contributed by atoms with E-state index >= 15 is 0 Å². The van der Waals surface area contributed by atoms with Gasteiger partial charge in [0.2, 0.25) is 6.79 Å². The van der Waals surface area contributed by atoms with Gasteiger partial charge in [-0.25, -0.2) is 4.68 Å². The Labute approximate surface area is 207 Å². The van der Waals surface area contributed by atoms with Crippen molar-refractivity contribution < 1.29 is 23.0 Å². The molecule has 33 heavy (non-hydrogen) atoms. The highest BCUT2D eigenvalue weighted by atomic mass is 127. The maximum Gasteiger partial charge on any atom is 0.387 e. The van der Waals surface area contributed by atoms with E-state index in [2.05, 4.69) is 25.5 Å². The monoisotopic (exact) mass is 571 g/mol. The predicted molar refractivity (Wildman–Crippen MR) is 130 cm³/mol. The molecule has 0 atom stereocenters. The van der Waals surface area contributed by atoms with Gasteiger partial charge in [0.25, 0.3) is 0 Å². The van der Waals surface area contributed by atoms with Gasteiger partial charge in [-0.3, -0.25) is 4.99 Å². The summed E-state index contributed by atoms with van der Waals surface area (Å²) < 4.78 is 42.6. The Morgan fingerprint density at radius 2 is 1.94 bits per heavy atom. The molecule has 0 unspecified atom stereocenters. The smallest absolute Gasteiger partial charge is 0.387 e. The molecular weight excluding hydrogens is 547 g/mol. The van der Waals surface area contributed by atoms with Crippen LogP contribution in [0.5, 0.6) is 17.2 Å². The molecule has 1 aliphatic rings. The highest BCUT2D eigenvalue weighted by molar-refractivity contribution is 14.0. The predicted octanol–water partition coefficient (Wildman–Crippen LogP) is 3.73. The number of guanidine groups is 1. The van der Waals surface area contributed by atoms with Crippen LogP contribution < -0.4 is 24.8 Å². The molecule has 8 nitrogen and oxygen atoms in total. The third kappa shape index (κ3) is 6.46. The second-order valence-corrected chi connectivity index (χ2v) is 6.92. The minimum atomic E-state index is -2.94. The molecule has 0 fully saturated rings. The summed E-state index contributed by atoms with van der Waals surface area (Å²) >= 11 is 0. The van der Waals surface area contributed by atoms with Crippen LogP contribution in [0.15, 0.2) is 59.9 Å². The molecule has 11 heteroatoms. The number of rotatable bonds is 8. The van der Waals surface area contributed by atoms with E-state index < -0.39 is 6.61 Å². The van der Waals surface area contributed by atoms with E-state index in [1.807, 2.05) is 47.4 Å². The zero-order chi connectivity index (χ0) is 22.3. The second kappa shape index (κ2) is 11.7. The molecule has 0 saturated heterocycles. The Morgan fingerprint density at radius 1 is 1.18 bits per heavy atom. The molecule has 4 rings (SSSR count). The van der Waals surface area contributed by atoms with E-state index in [9.17, 15) is 8.78 Å². The number of benzene rings is 2. The van der Waals surface area contributed by atoms with Crippen molar-refractivity contribution in [3.05, 3.63) is 66.0 Å². The van der Waals surface area contributed by atoms with Gasteiger partial charge < -0.3 is 24.8 Å². The summed E-state index contributed by atoms with van der Waals surface area (Å²) in [6.07, 6.45) is 4.54. The van der Waals surface area contributed by atoms with Crippen LogP contribution in [0.3, 0.4) is 0 Å². The van der Waals surface area contributed by atoms with Gasteiger partial charge in [-0.15, -0.1) is 24.0 Å². The van der Waals surface area contributed by atoms with E-state index in [0.29, 0.717) is 29.6 Å². The van der Waals surface area contributed by atoms with Crippen molar-refractivity contribution in [3.8, 4) is 22.9 Å². The normalized spacial score (nSPS) is 12.4. The van der Waals surface area contributed by atoms with Crippen molar-refractivity contribution in [1.29, 1.82) is 0 Å². The molecule has 2 N–H and O–H groups in total. The van der Waals surface area contributed by atoms with Crippen molar-refractivity contribution in [1.82, 2.24) is 20.4 Å². The van der Waals surface area contributed by atoms with E-state index in [0.717, 1.165) is 17.7 Å². The van der Waals surface area contributed by atoms with Crippen molar-refractivity contribution in [3.63, 3.8) is 0 Å². The number of aliphatic imine (C=N–C) groups is 1. The van der Waals surface area contributed by atoms with Crippen molar-refractivity contribution >= 4 is 29.9 Å². The number of para-hydroxylation sites is 1. The number of ether oxygens (including phenoxy) is 3. The Morgan fingerprint density at radius 3 is 2.67 bits per heavy atom. The van der Waals surface area contributed by atoms with Gasteiger partial charge >= 0.3 is 6.61 Å². The molecule has 0 radical (unpaired) electrons. The Bertz CT molecular complexity index is 1080. The summed E-state index contributed by atoms with van der Waals surface area (Å²) in [5.74, 6) is 1.42. The van der Waals surface area contributed by atoms with E-state index in [1.54, 1.807) is 13.1 Å². The van der Waals surface area contributed by atoms with Crippen LogP contribution in [-0.2, 0) is 13.0 Å². The first-order valence-electron chi connectivity index (χ1n) is 10.0. The maximum absolute atomic E-state index is 12.8. The summed E-state index contributed by atoms with van der Waals surface area (Å²) in [6.45, 7) is -2.07. The first-order chi connectivity index (χ1) is 15.6. The van der Waals surface area contributed by atoms with Crippen LogP contribution in [0.25, 0.3) is 5.69 Å². The third-order valence-electron chi connectivity index (χ3n) is 4.80. The van der Waals surface area contributed by atoms with Gasteiger partial charge in [0.15, 0.2) is 17.5 Å². The van der Waals surface area contributed by atoms with Crippen molar-refractivity contribution in [2.75, 3.05) is 20.4 Å². The molecule has 0 amide bonds. The number of nitrogens with zero attached hydrogens (tertiary/aromatic N) is 3. The lowest BCUT2D eigenvalue weighted by molar-refractivity contribution is -0.0505. The third-order valence-corrected chi connectivity index (χ3v) is 4.80. The summed E-state index contributed by atoms with van der Waals surface area (Å²) in [7, 11) is 1.64. The zero-order valence-electron chi connectivity index (χ0n) is 17.8. The highest BCUT2D eigenvalue weighted by Gasteiger charge is 2.20. The molecule has 0 aliphatic carbocycles. The van der Waals surface area contributed by atoms with Gasteiger partial charge in [0.05, 0.1) is 11.9 Å². The fraction of sp³-hybridized carbons (Fsp3) is 0.273. The molecule has 0 spiro atoms. The van der Waals surface area contributed by atoms with Gasteiger partial charge in [0.1, 0.15) is 5.75 Å². The van der Waals surface area contributed by atoms with Crippen LogP contribution in [0, 0.1) is 0 Å². The number of fused-ring (bicyclic) bond motifs is 1. The molecule has 2 heterocycles. The van der Waals surface area contributed by atoms with Crippen LogP contribution in [0.1, 0.15) is 11.1 Å². The van der Waals surface area contributed by atoms with Crippen LogP contribution in [-0.4, -0.2) is 42.7 Å². The molecular formula is C22H24F2IN5O3. The lowest BCUT2D eigenvalue weighted by Crippen LogP contribution is -2.37. The number of hydrogen-bond donors (Lipinski definition) is 2. The summed E-state index contributed by atoms with van der Waals surface area (Å²) in [5, 5.41) is 10.7. The van der Waals surface area contributed by atoms with Crippen molar-refractivity contribution in [2.24, 2.45) is 4.99 Å². The molecule has 1 aliphatic heterocycles. The van der Waals surface area contributed by atoms with E-state index in [4.69, 9.17) is 9.47 Å². The second-order valence-electron chi connectivity index (χ2n) is 6.92. The number of alkyl halides is 2. The first kappa shape index (κ1) is 24.6. The quantitative estimate of drug-likeness (QED) is 0.244. The van der Waals surface area contributed by atoms with Crippen LogP contribution in [0.2, 0.25) is 0 Å². The minimum absolute atomic E-state index is 0. The van der Waals surface area contributed by atoms with Gasteiger partial charge in [-0.05, 0) is 30.2 Å². The summed E-state index contributed by atoms with van der Waals surface area (Å²) in [5.41, 5.74) is 2.57. The van der Waals surface area contributed by atoms with Gasteiger partial charge in [0, 0.05) is 38.0 Å². The number of hydrogen-bond acceptors (Lipinski definition) is 5. The Balaban J connectivity index is 0.00000306. The lowest BCUT2D eigenvalue weighted by atomic mass is 10.1. The largest absolute Gasteiger partial charge is 0.454 e. The Kier molecular flexibility index (Phi) is 8.69. The fourth-order valence-corrected chi connectivity index (χ4v) is 3.25. The number of halogens is 3. The average molecular weight is 571 g/mol. The Hall–Kier alpha value is -3.09. The maximum atomic E-state index is 12.8. The highest BCUT2D eigenvalue weighted by Crippen LogP contribution is 2.38. The van der Waals surface area contributed by atoms with Crippen LogP contribution in [0.4, 0.5) is 8.78 Å². The van der Waals surface area contributed by atoms with Gasteiger partial charge in [-0.2, -0.15) is 13.9 Å². The summed E-state index contributed by atoms with van der Waals surface area (Å²) in [4.78, 5) is 4.18. The zero-order valence-corrected chi connectivity index (χ0v) is 20.2. The fourth-order valence-electron chi connectivity index (χ4n) is 3.25. The number of aromatic nitrogens is 2. The average Bonchev–Trinajstić information content (AvgIpc) is 3.45. The first-order valence-corrected chi connectivity index (χ1v) is 10.0. The van der Waals surface area contributed by atoms with E-state index in [-0.39, 0.29) is 43.1 Å². The topological polar surface area (TPSA) is 81.9 Å². The summed E-state index contributed by atoms with van der Waals surface area (Å²) in [6, 6.07) is 12.9.